The molecule has 0 radical (unpaired) electrons. The van der Waals surface area contributed by atoms with Gasteiger partial charge in [-0.2, -0.15) is 0 Å². The van der Waals surface area contributed by atoms with Crippen LogP contribution in [0.2, 0.25) is 5.02 Å². The van der Waals surface area contributed by atoms with E-state index >= 15 is 0 Å². The fourth-order valence-corrected chi connectivity index (χ4v) is 2.58. The van der Waals surface area contributed by atoms with Crippen LogP contribution in [-0.4, -0.2) is 18.6 Å². The van der Waals surface area contributed by atoms with E-state index in [1.54, 1.807) is 12.1 Å². The van der Waals surface area contributed by atoms with Crippen LogP contribution in [0.1, 0.15) is 39.0 Å². The molecule has 1 aromatic rings. The summed E-state index contributed by atoms with van der Waals surface area (Å²) in [5.41, 5.74) is 1.32. The summed E-state index contributed by atoms with van der Waals surface area (Å²) >= 11 is 6.06. The van der Waals surface area contributed by atoms with Gasteiger partial charge in [-0.3, -0.25) is 4.79 Å². The Morgan fingerprint density at radius 1 is 1.38 bits per heavy atom. The number of benzene rings is 1. The maximum Gasteiger partial charge on any atom is 0.261 e. The molecular formula is C17H22ClNO2. The lowest BCUT2D eigenvalue weighted by molar-refractivity contribution is -0.127. The normalized spacial score (nSPS) is 16.0. The fourth-order valence-electron chi connectivity index (χ4n) is 2.40. The van der Waals surface area contributed by atoms with Crippen molar-refractivity contribution in [1.29, 1.82) is 0 Å². The highest BCUT2D eigenvalue weighted by Gasteiger charge is 2.19. The number of carbonyl (C=O) groups is 1. The van der Waals surface area contributed by atoms with Gasteiger partial charge in [0.25, 0.3) is 5.91 Å². The van der Waals surface area contributed by atoms with E-state index in [-0.39, 0.29) is 5.91 Å². The lowest BCUT2D eigenvalue weighted by Crippen LogP contribution is -2.39. The Labute approximate surface area is 131 Å². The third kappa shape index (κ3) is 4.78. The molecule has 0 aliphatic heterocycles. The number of allylic oxidation sites excluding steroid dienone is 1. The molecule has 1 aromatic carbocycles. The van der Waals surface area contributed by atoms with Gasteiger partial charge in [0, 0.05) is 6.54 Å². The number of ether oxygens (including phenoxy) is 1. The monoisotopic (exact) mass is 307 g/mol. The number of amides is 1. The second-order valence-electron chi connectivity index (χ2n) is 5.27. The number of rotatable bonds is 6. The van der Waals surface area contributed by atoms with Crippen LogP contribution in [0.15, 0.2) is 35.9 Å². The van der Waals surface area contributed by atoms with Crippen LogP contribution in [0.4, 0.5) is 0 Å². The average Bonchev–Trinajstić information content (AvgIpc) is 2.53. The van der Waals surface area contributed by atoms with Crippen LogP contribution in [0.25, 0.3) is 0 Å². The summed E-state index contributed by atoms with van der Waals surface area (Å²) in [5, 5.41) is 3.49. The Morgan fingerprint density at radius 2 is 2.19 bits per heavy atom. The van der Waals surface area contributed by atoms with Crippen LogP contribution in [0.5, 0.6) is 5.75 Å². The number of halogens is 1. The molecule has 0 saturated carbocycles. The highest BCUT2D eigenvalue weighted by atomic mass is 35.5. The summed E-state index contributed by atoms with van der Waals surface area (Å²) in [4.78, 5) is 12.2. The Morgan fingerprint density at radius 3 is 2.86 bits per heavy atom. The lowest BCUT2D eigenvalue weighted by atomic mass is 10.00. The van der Waals surface area contributed by atoms with E-state index in [9.17, 15) is 4.79 Å². The summed E-state index contributed by atoms with van der Waals surface area (Å²) in [7, 11) is 0. The summed E-state index contributed by atoms with van der Waals surface area (Å²) in [5.74, 6) is 0.474. The summed E-state index contributed by atoms with van der Waals surface area (Å²) in [6.07, 6.45) is 7.02. The van der Waals surface area contributed by atoms with Crippen molar-refractivity contribution >= 4 is 17.5 Å². The van der Waals surface area contributed by atoms with Crippen molar-refractivity contribution in [3.05, 3.63) is 40.9 Å². The number of hydrogen-bond acceptors (Lipinski definition) is 2. The first-order chi connectivity index (χ1) is 10.2. The SMILES string of the molecule is CC[C@@H](Oc1ccccc1Cl)C(=O)NCC1=CCCCC1. The molecule has 0 unspecified atom stereocenters. The minimum Gasteiger partial charge on any atom is -0.479 e. The van der Waals surface area contributed by atoms with Gasteiger partial charge in [0.2, 0.25) is 0 Å². The summed E-state index contributed by atoms with van der Waals surface area (Å²) in [6.45, 7) is 2.56. The predicted molar refractivity (Wildman–Crippen MR) is 85.7 cm³/mol. The van der Waals surface area contributed by atoms with Crippen LogP contribution in [-0.2, 0) is 4.79 Å². The maximum atomic E-state index is 12.2. The minimum atomic E-state index is -0.505. The molecule has 0 bridgehead atoms. The van der Waals surface area contributed by atoms with Gasteiger partial charge in [-0.1, -0.05) is 42.3 Å². The largest absolute Gasteiger partial charge is 0.479 e. The van der Waals surface area contributed by atoms with Crippen molar-refractivity contribution in [1.82, 2.24) is 5.32 Å². The second-order valence-corrected chi connectivity index (χ2v) is 5.68. The first-order valence-corrected chi connectivity index (χ1v) is 7.95. The molecule has 0 saturated heterocycles. The van der Waals surface area contributed by atoms with E-state index in [0.717, 1.165) is 12.8 Å². The molecule has 1 amide bonds. The fraction of sp³-hybridized carbons (Fsp3) is 0.471. The van der Waals surface area contributed by atoms with Crippen molar-refractivity contribution < 1.29 is 9.53 Å². The van der Waals surface area contributed by atoms with Gasteiger partial charge in [0.05, 0.1) is 5.02 Å². The minimum absolute atomic E-state index is 0.0797. The van der Waals surface area contributed by atoms with Gasteiger partial charge >= 0.3 is 0 Å². The molecule has 2 rings (SSSR count). The number of hydrogen-bond donors (Lipinski definition) is 1. The van der Waals surface area contributed by atoms with Gasteiger partial charge < -0.3 is 10.1 Å². The summed E-state index contributed by atoms with van der Waals surface area (Å²) in [6, 6.07) is 7.22. The van der Waals surface area contributed by atoms with Crippen molar-refractivity contribution in [3.8, 4) is 5.75 Å². The number of para-hydroxylation sites is 1. The first kappa shape index (κ1) is 15.9. The quantitative estimate of drug-likeness (QED) is 0.803. The zero-order chi connectivity index (χ0) is 15.1. The zero-order valence-corrected chi connectivity index (χ0v) is 13.2. The van der Waals surface area contributed by atoms with Crippen LogP contribution < -0.4 is 10.1 Å². The molecule has 1 atom stereocenters. The summed E-state index contributed by atoms with van der Waals surface area (Å²) < 4.78 is 5.73. The Balaban J connectivity index is 1.89. The maximum absolute atomic E-state index is 12.2. The third-order valence-corrected chi connectivity index (χ3v) is 3.96. The van der Waals surface area contributed by atoms with E-state index in [2.05, 4.69) is 11.4 Å². The van der Waals surface area contributed by atoms with Crippen LogP contribution in [0, 0.1) is 0 Å². The average molecular weight is 308 g/mol. The van der Waals surface area contributed by atoms with Crippen LogP contribution in [0.3, 0.4) is 0 Å². The molecule has 0 heterocycles. The van der Waals surface area contributed by atoms with Crippen molar-refractivity contribution in [2.45, 2.75) is 45.1 Å². The predicted octanol–water partition coefficient (Wildman–Crippen LogP) is 4.11. The standard InChI is InChI=1S/C17H22ClNO2/c1-2-15(21-16-11-7-6-10-14(16)18)17(20)19-12-13-8-4-3-5-9-13/h6-8,10-11,15H,2-5,9,12H2,1H3,(H,19,20)/t15-/m1/s1. The first-order valence-electron chi connectivity index (χ1n) is 7.57. The van der Waals surface area contributed by atoms with E-state index in [1.807, 2.05) is 19.1 Å². The van der Waals surface area contributed by atoms with Crippen molar-refractivity contribution in [2.75, 3.05) is 6.54 Å². The Hall–Kier alpha value is -1.48. The third-order valence-electron chi connectivity index (χ3n) is 3.64. The Kier molecular flexibility index (Phi) is 6.12. The smallest absolute Gasteiger partial charge is 0.261 e. The zero-order valence-electron chi connectivity index (χ0n) is 12.4. The van der Waals surface area contributed by atoms with Gasteiger partial charge in [-0.05, 0) is 44.2 Å². The molecular weight excluding hydrogens is 286 g/mol. The van der Waals surface area contributed by atoms with E-state index in [0.29, 0.717) is 23.7 Å². The molecule has 1 aliphatic rings. The molecule has 0 fully saturated rings. The molecule has 3 nitrogen and oxygen atoms in total. The number of nitrogens with one attached hydrogen (secondary N) is 1. The van der Waals surface area contributed by atoms with Gasteiger partial charge in [-0.15, -0.1) is 0 Å². The molecule has 0 spiro atoms. The van der Waals surface area contributed by atoms with Gasteiger partial charge in [-0.25, -0.2) is 0 Å². The van der Waals surface area contributed by atoms with Gasteiger partial charge in [0.1, 0.15) is 5.75 Å². The molecule has 1 N–H and O–H groups in total. The second kappa shape index (κ2) is 8.08. The lowest BCUT2D eigenvalue weighted by Gasteiger charge is -2.19. The number of carbonyl (C=O) groups excluding carboxylic acids is 1. The molecule has 4 heteroatoms. The van der Waals surface area contributed by atoms with E-state index in [1.165, 1.54) is 18.4 Å². The molecule has 0 aromatic heterocycles. The topological polar surface area (TPSA) is 38.3 Å². The highest BCUT2D eigenvalue weighted by Crippen LogP contribution is 2.25. The van der Waals surface area contributed by atoms with Gasteiger partial charge in [0.15, 0.2) is 6.10 Å². The molecule has 21 heavy (non-hydrogen) atoms. The van der Waals surface area contributed by atoms with Crippen molar-refractivity contribution in [2.24, 2.45) is 0 Å². The Bertz CT molecular complexity index is 513. The highest BCUT2D eigenvalue weighted by molar-refractivity contribution is 6.32. The molecule has 114 valence electrons. The van der Waals surface area contributed by atoms with Crippen molar-refractivity contribution in [3.63, 3.8) is 0 Å². The van der Waals surface area contributed by atoms with E-state index < -0.39 is 6.10 Å². The molecule has 1 aliphatic carbocycles. The van der Waals surface area contributed by atoms with E-state index in [4.69, 9.17) is 16.3 Å². The van der Waals surface area contributed by atoms with Crippen LogP contribution >= 0.6 is 11.6 Å².